The molecule has 0 spiro atoms. The van der Waals surface area contributed by atoms with Gasteiger partial charge in [-0.15, -0.1) is 0 Å². The molecule has 22 heavy (non-hydrogen) atoms. The van der Waals surface area contributed by atoms with Crippen LogP contribution in [0.5, 0.6) is 5.75 Å². The summed E-state index contributed by atoms with van der Waals surface area (Å²) in [7, 11) is 1.52. The minimum Gasteiger partial charge on any atom is -0.479 e. The molecule has 0 aromatic heterocycles. The first-order chi connectivity index (χ1) is 10.4. The van der Waals surface area contributed by atoms with E-state index >= 15 is 0 Å². The summed E-state index contributed by atoms with van der Waals surface area (Å²) in [6.07, 6.45) is -1.86. The molecule has 1 amide bonds. The molecule has 1 rings (SSSR count). The minimum atomic E-state index is -0.941. The number of benzene rings is 1. The van der Waals surface area contributed by atoms with E-state index in [1.54, 1.807) is 0 Å². The Labute approximate surface area is 128 Å². The van der Waals surface area contributed by atoms with E-state index < -0.39 is 29.9 Å². The fraction of sp³-hybridized carbons (Fsp3) is 0.467. The molecule has 1 aromatic rings. The van der Waals surface area contributed by atoms with Crippen molar-refractivity contribution < 1.29 is 28.2 Å². The number of rotatable bonds is 8. The van der Waals surface area contributed by atoms with Gasteiger partial charge in [-0.1, -0.05) is 0 Å². The van der Waals surface area contributed by atoms with Gasteiger partial charge in [0, 0.05) is 13.7 Å². The van der Waals surface area contributed by atoms with Crippen LogP contribution in [0.15, 0.2) is 24.3 Å². The quantitative estimate of drug-likeness (QED) is 0.578. The summed E-state index contributed by atoms with van der Waals surface area (Å²) in [5.41, 5.74) is 0. The van der Waals surface area contributed by atoms with Gasteiger partial charge in [0.15, 0.2) is 12.2 Å². The molecule has 6 nitrogen and oxygen atoms in total. The van der Waals surface area contributed by atoms with Crippen LogP contribution in [-0.2, 0) is 19.1 Å². The lowest BCUT2D eigenvalue weighted by molar-refractivity contribution is -0.160. The third kappa shape index (κ3) is 6.09. The summed E-state index contributed by atoms with van der Waals surface area (Å²) in [5, 5.41) is 2.56. The Morgan fingerprint density at radius 2 is 1.82 bits per heavy atom. The van der Waals surface area contributed by atoms with Crippen molar-refractivity contribution >= 4 is 11.9 Å². The third-order valence-electron chi connectivity index (χ3n) is 2.73. The van der Waals surface area contributed by atoms with Crippen molar-refractivity contribution in [3.63, 3.8) is 0 Å². The lowest BCUT2D eigenvalue weighted by Gasteiger charge is -2.17. The summed E-state index contributed by atoms with van der Waals surface area (Å²) in [6.45, 7) is 3.65. The predicted molar refractivity (Wildman–Crippen MR) is 76.9 cm³/mol. The Balaban J connectivity index is 2.42. The van der Waals surface area contributed by atoms with Crippen LogP contribution in [0.25, 0.3) is 0 Å². The highest BCUT2D eigenvalue weighted by molar-refractivity contribution is 5.84. The van der Waals surface area contributed by atoms with Gasteiger partial charge >= 0.3 is 5.97 Å². The van der Waals surface area contributed by atoms with E-state index in [2.05, 4.69) is 5.32 Å². The summed E-state index contributed by atoms with van der Waals surface area (Å²) in [5.74, 6) is -1.16. The molecule has 0 unspecified atom stereocenters. The second kappa shape index (κ2) is 8.99. The SMILES string of the molecule is COCCNC(=O)[C@@H](C)OC(=O)[C@@H](C)Oc1ccc(F)cc1. The number of hydrogen-bond donors (Lipinski definition) is 1. The third-order valence-corrected chi connectivity index (χ3v) is 2.73. The van der Waals surface area contributed by atoms with Crippen LogP contribution < -0.4 is 10.1 Å². The summed E-state index contributed by atoms with van der Waals surface area (Å²) in [6, 6.07) is 5.25. The molecule has 0 aliphatic rings. The van der Waals surface area contributed by atoms with Crippen LogP contribution in [0.3, 0.4) is 0 Å². The summed E-state index contributed by atoms with van der Waals surface area (Å²) < 4.78 is 27.9. The maximum Gasteiger partial charge on any atom is 0.347 e. The first-order valence-electron chi connectivity index (χ1n) is 6.83. The maximum atomic E-state index is 12.8. The molecule has 7 heteroatoms. The van der Waals surface area contributed by atoms with E-state index in [1.807, 2.05) is 0 Å². The number of hydrogen-bond acceptors (Lipinski definition) is 5. The van der Waals surface area contributed by atoms with Gasteiger partial charge in [-0.3, -0.25) is 4.79 Å². The average molecular weight is 313 g/mol. The van der Waals surface area contributed by atoms with E-state index in [0.717, 1.165) is 0 Å². The molecule has 0 saturated heterocycles. The van der Waals surface area contributed by atoms with Crippen LogP contribution in [0.4, 0.5) is 4.39 Å². The van der Waals surface area contributed by atoms with Crippen molar-refractivity contribution in [1.82, 2.24) is 5.32 Å². The van der Waals surface area contributed by atoms with E-state index in [0.29, 0.717) is 18.9 Å². The van der Waals surface area contributed by atoms with E-state index in [4.69, 9.17) is 14.2 Å². The normalized spacial score (nSPS) is 13.1. The van der Waals surface area contributed by atoms with Crippen molar-refractivity contribution in [2.24, 2.45) is 0 Å². The number of nitrogens with one attached hydrogen (secondary N) is 1. The maximum absolute atomic E-state index is 12.8. The molecule has 0 saturated carbocycles. The van der Waals surface area contributed by atoms with Gasteiger partial charge in [0.1, 0.15) is 11.6 Å². The van der Waals surface area contributed by atoms with Crippen LogP contribution in [0.1, 0.15) is 13.8 Å². The molecule has 1 aromatic carbocycles. The molecule has 0 heterocycles. The Hall–Kier alpha value is -2.15. The van der Waals surface area contributed by atoms with Gasteiger partial charge in [0.2, 0.25) is 0 Å². The van der Waals surface area contributed by atoms with Crippen molar-refractivity contribution in [3.8, 4) is 5.75 Å². The molecule has 0 bridgehead atoms. The average Bonchev–Trinajstić information content (AvgIpc) is 2.49. The van der Waals surface area contributed by atoms with E-state index in [1.165, 1.54) is 45.2 Å². The van der Waals surface area contributed by atoms with E-state index in [-0.39, 0.29) is 0 Å². The van der Waals surface area contributed by atoms with Crippen molar-refractivity contribution in [1.29, 1.82) is 0 Å². The van der Waals surface area contributed by atoms with Crippen LogP contribution >= 0.6 is 0 Å². The lowest BCUT2D eigenvalue weighted by atomic mass is 10.3. The van der Waals surface area contributed by atoms with Gasteiger partial charge in [0.05, 0.1) is 6.61 Å². The minimum absolute atomic E-state index is 0.332. The van der Waals surface area contributed by atoms with Crippen LogP contribution in [-0.4, -0.2) is 44.3 Å². The van der Waals surface area contributed by atoms with Gasteiger partial charge in [0.25, 0.3) is 5.91 Å². The zero-order valence-electron chi connectivity index (χ0n) is 12.8. The number of amides is 1. The first-order valence-corrected chi connectivity index (χ1v) is 6.83. The zero-order chi connectivity index (χ0) is 16.5. The van der Waals surface area contributed by atoms with Gasteiger partial charge < -0.3 is 19.5 Å². The molecular weight excluding hydrogens is 293 g/mol. The Morgan fingerprint density at radius 3 is 2.41 bits per heavy atom. The lowest BCUT2D eigenvalue weighted by Crippen LogP contribution is -2.39. The molecule has 2 atom stereocenters. The largest absolute Gasteiger partial charge is 0.479 e. The van der Waals surface area contributed by atoms with Gasteiger partial charge in [-0.2, -0.15) is 0 Å². The number of methoxy groups -OCH3 is 1. The van der Waals surface area contributed by atoms with Crippen LogP contribution in [0, 0.1) is 5.82 Å². The van der Waals surface area contributed by atoms with Gasteiger partial charge in [-0.25, -0.2) is 9.18 Å². The topological polar surface area (TPSA) is 73.9 Å². The number of halogens is 1. The van der Waals surface area contributed by atoms with Crippen molar-refractivity contribution in [2.75, 3.05) is 20.3 Å². The number of carbonyl (C=O) groups is 2. The van der Waals surface area contributed by atoms with Gasteiger partial charge in [-0.05, 0) is 38.1 Å². The van der Waals surface area contributed by atoms with E-state index in [9.17, 15) is 14.0 Å². The number of ether oxygens (including phenoxy) is 3. The Bertz CT molecular complexity index is 491. The Morgan fingerprint density at radius 1 is 1.18 bits per heavy atom. The second-order valence-corrected chi connectivity index (χ2v) is 4.58. The van der Waals surface area contributed by atoms with Crippen molar-refractivity contribution in [3.05, 3.63) is 30.1 Å². The molecular formula is C15H20FNO5. The highest BCUT2D eigenvalue weighted by Gasteiger charge is 2.22. The van der Waals surface area contributed by atoms with Crippen LogP contribution in [0.2, 0.25) is 0 Å². The smallest absolute Gasteiger partial charge is 0.347 e. The fourth-order valence-electron chi connectivity index (χ4n) is 1.51. The Kier molecular flexibility index (Phi) is 7.31. The molecule has 122 valence electrons. The molecule has 0 fully saturated rings. The summed E-state index contributed by atoms with van der Waals surface area (Å²) >= 11 is 0. The first kappa shape index (κ1) is 17.9. The monoisotopic (exact) mass is 313 g/mol. The summed E-state index contributed by atoms with van der Waals surface area (Å²) in [4.78, 5) is 23.5. The fourth-order valence-corrected chi connectivity index (χ4v) is 1.51. The molecule has 1 N–H and O–H groups in total. The standard InChI is InChI=1S/C15H20FNO5/c1-10(14(18)17-8-9-20-3)22-15(19)11(2)21-13-6-4-12(16)5-7-13/h4-7,10-11H,8-9H2,1-3H3,(H,17,18)/t10-,11-/m1/s1. The second-order valence-electron chi connectivity index (χ2n) is 4.58. The highest BCUT2D eigenvalue weighted by atomic mass is 19.1. The number of esters is 1. The molecule has 0 radical (unpaired) electrons. The highest BCUT2D eigenvalue weighted by Crippen LogP contribution is 2.13. The van der Waals surface area contributed by atoms with Crippen molar-refractivity contribution in [2.45, 2.75) is 26.1 Å². The zero-order valence-corrected chi connectivity index (χ0v) is 12.8. The molecule has 0 aliphatic carbocycles. The molecule has 0 aliphatic heterocycles. The number of carbonyl (C=O) groups excluding carboxylic acids is 2. The predicted octanol–water partition coefficient (Wildman–Crippen LogP) is 1.29.